The molecule has 0 aliphatic rings. The number of hydrogen-bond donors (Lipinski definition) is 2. The molecule has 0 aromatic heterocycles. The van der Waals surface area contributed by atoms with Crippen molar-refractivity contribution in [3.8, 4) is 0 Å². The Hall–Kier alpha value is -1.20. The Bertz CT molecular complexity index is 382. The predicted octanol–water partition coefficient (Wildman–Crippen LogP) is 1.65. The molecule has 0 radical (unpaired) electrons. The van der Waals surface area contributed by atoms with Crippen LogP contribution in [0.3, 0.4) is 0 Å². The molecule has 0 heterocycles. The van der Waals surface area contributed by atoms with Crippen LogP contribution >= 0.6 is 12.4 Å². The van der Waals surface area contributed by atoms with E-state index in [0.717, 1.165) is 18.2 Å². The van der Waals surface area contributed by atoms with Crippen LogP contribution in [-0.4, -0.2) is 11.1 Å². The van der Waals surface area contributed by atoms with Crippen molar-refractivity contribution in [2.24, 2.45) is 5.73 Å². The molecule has 3 nitrogen and oxygen atoms in total. The minimum Gasteiger partial charge on any atom is -0.480 e. The fraction of sp³-hybridized carbons (Fsp3) is 0.222. The number of aliphatic carboxylic acids is 1. The standard InChI is InChI=1S/C9H9F2NO2.ClH/c1-9(12,8(13)14)5-2-3-6(10)7(11)4-5;/h2-4H,12H2,1H3,(H,13,14);1H. The summed E-state index contributed by atoms with van der Waals surface area (Å²) in [4.78, 5) is 10.7. The summed E-state index contributed by atoms with van der Waals surface area (Å²) < 4.78 is 25.3. The Morgan fingerprint density at radius 3 is 2.33 bits per heavy atom. The van der Waals surface area contributed by atoms with E-state index in [1.807, 2.05) is 0 Å². The van der Waals surface area contributed by atoms with Crippen LogP contribution in [-0.2, 0) is 10.3 Å². The van der Waals surface area contributed by atoms with Crippen LogP contribution in [0.2, 0.25) is 0 Å². The van der Waals surface area contributed by atoms with E-state index in [0.29, 0.717) is 0 Å². The largest absolute Gasteiger partial charge is 0.480 e. The van der Waals surface area contributed by atoms with E-state index in [2.05, 4.69) is 0 Å². The highest BCUT2D eigenvalue weighted by molar-refractivity contribution is 5.85. The number of rotatable bonds is 2. The van der Waals surface area contributed by atoms with Gasteiger partial charge in [0.15, 0.2) is 11.6 Å². The number of benzene rings is 1. The van der Waals surface area contributed by atoms with Gasteiger partial charge in [0.25, 0.3) is 0 Å². The molecule has 0 aliphatic carbocycles. The molecule has 0 saturated carbocycles. The lowest BCUT2D eigenvalue weighted by Gasteiger charge is -2.19. The first-order valence-corrected chi connectivity index (χ1v) is 3.83. The lowest BCUT2D eigenvalue weighted by atomic mass is 9.93. The van der Waals surface area contributed by atoms with Gasteiger partial charge < -0.3 is 10.8 Å². The van der Waals surface area contributed by atoms with Crippen molar-refractivity contribution in [1.82, 2.24) is 0 Å². The second-order valence-corrected chi connectivity index (χ2v) is 3.14. The molecule has 6 heteroatoms. The summed E-state index contributed by atoms with van der Waals surface area (Å²) in [6.45, 7) is 1.21. The van der Waals surface area contributed by atoms with Gasteiger partial charge in [-0.25, -0.2) is 13.6 Å². The summed E-state index contributed by atoms with van der Waals surface area (Å²) in [5.41, 5.74) is 3.71. The average Bonchev–Trinajstić information content (AvgIpc) is 2.09. The fourth-order valence-electron chi connectivity index (χ4n) is 0.943. The van der Waals surface area contributed by atoms with Gasteiger partial charge in [0.2, 0.25) is 0 Å². The first kappa shape index (κ1) is 13.8. The van der Waals surface area contributed by atoms with E-state index >= 15 is 0 Å². The minimum absolute atomic E-state index is 0. The zero-order valence-corrected chi connectivity index (χ0v) is 8.65. The van der Waals surface area contributed by atoms with Gasteiger partial charge >= 0.3 is 5.97 Å². The maximum absolute atomic E-state index is 12.7. The molecule has 0 aliphatic heterocycles. The SMILES string of the molecule is CC(N)(C(=O)O)c1ccc(F)c(F)c1.Cl. The molecule has 0 bridgehead atoms. The van der Waals surface area contributed by atoms with Gasteiger partial charge in [0, 0.05) is 0 Å². The summed E-state index contributed by atoms with van der Waals surface area (Å²) in [6.07, 6.45) is 0. The molecular weight excluding hydrogens is 228 g/mol. The quantitative estimate of drug-likeness (QED) is 0.822. The number of nitrogens with two attached hydrogens (primary N) is 1. The number of hydrogen-bond acceptors (Lipinski definition) is 2. The Morgan fingerprint density at radius 1 is 1.40 bits per heavy atom. The molecule has 1 aromatic rings. The van der Waals surface area contributed by atoms with Gasteiger partial charge in [-0.2, -0.15) is 0 Å². The first-order valence-electron chi connectivity index (χ1n) is 3.83. The molecule has 1 rings (SSSR count). The molecule has 0 fully saturated rings. The monoisotopic (exact) mass is 237 g/mol. The highest BCUT2D eigenvalue weighted by atomic mass is 35.5. The molecule has 15 heavy (non-hydrogen) atoms. The van der Waals surface area contributed by atoms with E-state index in [1.54, 1.807) is 0 Å². The van der Waals surface area contributed by atoms with Crippen molar-refractivity contribution in [3.63, 3.8) is 0 Å². The highest BCUT2D eigenvalue weighted by Crippen LogP contribution is 2.20. The average molecular weight is 238 g/mol. The second-order valence-electron chi connectivity index (χ2n) is 3.14. The topological polar surface area (TPSA) is 63.3 Å². The van der Waals surface area contributed by atoms with Crippen molar-refractivity contribution in [2.75, 3.05) is 0 Å². The first-order chi connectivity index (χ1) is 6.35. The van der Waals surface area contributed by atoms with Crippen molar-refractivity contribution >= 4 is 18.4 Å². The van der Waals surface area contributed by atoms with Crippen LogP contribution < -0.4 is 5.73 Å². The van der Waals surface area contributed by atoms with Crippen molar-refractivity contribution in [3.05, 3.63) is 35.4 Å². The van der Waals surface area contributed by atoms with E-state index in [4.69, 9.17) is 10.8 Å². The number of carbonyl (C=O) groups is 1. The van der Waals surface area contributed by atoms with Crippen molar-refractivity contribution in [1.29, 1.82) is 0 Å². The van der Waals surface area contributed by atoms with Crippen LogP contribution in [0.15, 0.2) is 18.2 Å². The van der Waals surface area contributed by atoms with Gasteiger partial charge in [-0.15, -0.1) is 12.4 Å². The predicted molar refractivity (Wildman–Crippen MR) is 52.8 cm³/mol. The number of halogens is 3. The summed E-state index contributed by atoms with van der Waals surface area (Å²) in [5.74, 6) is -3.45. The van der Waals surface area contributed by atoms with Crippen LogP contribution in [0.4, 0.5) is 8.78 Å². The number of carboxylic acid groups (broad SMARTS) is 1. The van der Waals surface area contributed by atoms with Gasteiger partial charge in [-0.1, -0.05) is 6.07 Å². The van der Waals surface area contributed by atoms with Gasteiger partial charge in [-0.3, -0.25) is 0 Å². The van der Waals surface area contributed by atoms with E-state index in [9.17, 15) is 13.6 Å². The van der Waals surface area contributed by atoms with Crippen molar-refractivity contribution in [2.45, 2.75) is 12.5 Å². The smallest absolute Gasteiger partial charge is 0.328 e. The molecule has 1 aromatic carbocycles. The summed E-state index contributed by atoms with van der Waals surface area (Å²) in [7, 11) is 0. The Morgan fingerprint density at radius 2 is 1.93 bits per heavy atom. The second kappa shape index (κ2) is 4.55. The summed E-state index contributed by atoms with van der Waals surface area (Å²) >= 11 is 0. The van der Waals surface area contributed by atoms with Crippen LogP contribution in [0.25, 0.3) is 0 Å². The van der Waals surface area contributed by atoms with Crippen molar-refractivity contribution < 1.29 is 18.7 Å². The Labute approximate surface area is 91.3 Å². The highest BCUT2D eigenvalue weighted by Gasteiger charge is 2.30. The maximum Gasteiger partial charge on any atom is 0.328 e. The Balaban J connectivity index is 0.00000196. The Kier molecular flexibility index (Phi) is 4.18. The third kappa shape index (κ3) is 2.64. The van der Waals surface area contributed by atoms with Crippen LogP contribution in [0.5, 0.6) is 0 Å². The van der Waals surface area contributed by atoms with Crippen LogP contribution in [0.1, 0.15) is 12.5 Å². The van der Waals surface area contributed by atoms with Crippen LogP contribution in [0, 0.1) is 11.6 Å². The molecule has 0 amide bonds. The van der Waals surface area contributed by atoms with Gasteiger partial charge in [0.1, 0.15) is 5.54 Å². The molecule has 1 unspecified atom stereocenters. The molecule has 1 atom stereocenters. The molecule has 3 N–H and O–H groups in total. The zero-order chi connectivity index (χ0) is 10.9. The zero-order valence-electron chi connectivity index (χ0n) is 7.83. The van der Waals surface area contributed by atoms with E-state index in [1.165, 1.54) is 6.92 Å². The van der Waals surface area contributed by atoms with Gasteiger partial charge in [0.05, 0.1) is 0 Å². The summed E-state index contributed by atoms with van der Waals surface area (Å²) in [6, 6.07) is 2.77. The fourth-order valence-corrected chi connectivity index (χ4v) is 0.943. The lowest BCUT2D eigenvalue weighted by Crippen LogP contribution is -2.41. The van der Waals surface area contributed by atoms with Gasteiger partial charge in [-0.05, 0) is 24.6 Å². The third-order valence-electron chi connectivity index (χ3n) is 1.96. The van der Waals surface area contributed by atoms with E-state index in [-0.39, 0.29) is 18.0 Å². The lowest BCUT2D eigenvalue weighted by molar-refractivity contribution is -0.143. The molecule has 0 saturated heterocycles. The normalized spacial score (nSPS) is 13.9. The molecular formula is C9H10ClF2NO2. The minimum atomic E-state index is -1.71. The maximum atomic E-state index is 12.7. The molecule has 84 valence electrons. The summed E-state index contributed by atoms with van der Waals surface area (Å²) in [5, 5.41) is 8.71. The van der Waals surface area contributed by atoms with E-state index < -0.39 is 23.1 Å². The number of carboxylic acids is 1. The molecule has 0 spiro atoms. The third-order valence-corrected chi connectivity index (χ3v) is 1.96.